The number of amides is 1. The molecule has 2 atom stereocenters. The molecule has 3 N–H and O–H groups in total. The van der Waals surface area contributed by atoms with Crippen LogP contribution in [-0.2, 0) is 11.2 Å². The van der Waals surface area contributed by atoms with Gasteiger partial charge < -0.3 is 19.9 Å². The summed E-state index contributed by atoms with van der Waals surface area (Å²) in [5.74, 6) is -0.584. The molecule has 2 aromatic rings. The van der Waals surface area contributed by atoms with Crippen LogP contribution in [-0.4, -0.2) is 22.2 Å². The number of rotatable bonds is 3. The fraction of sp³-hybridized carbons (Fsp3) is 0.474. The van der Waals surface area contributed by atoms with E-state index in [1.165, 1.54) is 12.5 Å². The van der Waals surface area contributed by atoms with Gasteiger partial charge in [-0.05, 0) is 43.4 Å². The van der Waals surface area contributed by atoms with Crippen molar-refractivity contribution in [2.75, 3.05) is 0 Å². The minimum absolute atomic E-state index is 0.0606. The minimum atomic E-state index is -0.669. The molecule has 6 nitrogen and oxygen atoms in total. The molecule has 1 aliphatic rings. The van der Waals surface area contributed by atoms with Crippen LogP contribution >= 0.6 is 0 Å². The average Bonchev–Trinajstić information content (AvgIpc) is 2.57. The lowest BCUT2D eigenvalue weighted by molar-refractivity contribution is -0.121. The maximum absolute atomic E-state index is 12.4. The average molecular weight is 345 g/mol. The third kappa shape index (κ3) is 3.34. The number of benzene rings is 1. The Morgan fingerprint density at radius 2 is 2.00 bits per heavy atom. The number of hydrogen-bond acceptors (Lipinski definition) is 5. The van der Waals surface area contributed by atoms with Crippen molar-refractivity contribution in [2.45, 2.75) is 52.0 Å². The van der Waals surface area contributed by atoms with Crippen molar-refractivity contribution in [1.29, 1.82) is 0 Å². The van der Waals surface area contributed by atoms with Crippen LogP contribution in [0.5, 0.6) is 11.5 Å². The summed E-state index contributed by atoms with van der Waals surface area (Å²) in [5.41, 5.74) is 0.122. The zero-order valence-electron chi connectivity index (χ0n) is 14.5. The molecule has 1 fully saturated rings. The van der Waals surface area contributed by atoms with Gasteiger partial charge in [-0.3, -0.25) is 4.79 Å². The highest BCUT2D eigenvalue weighted by atomic mass is 16.4. The number of aryl methyl sites for hydroxylation is 1. The number of phenolic OH excluding ortho intramolecular Hbond substituents is 2. The third-order valence-electron chi connectivity index (χ3n) is 5.20. The van der Waals surface area contributed by atoms with E-state index < -0.39 is 11.4 Å². The number of carbonyl (C=O) groups excluding carboxylic acids is 1. The second-order valence-electron chi connectivity index (χ2n) is 6.92. The number of phenols is 2. The van der Waals surface area contributed by atoms with Crippen molar-refractivity contribution in [2.24, 2.45) is 5.92 Å². The second kappa shape index (κ2) is 6.78. The van der Waals surface area contributed by atoms with Crippen LogP contribution in [0.15, 0.2) is 21.3 Å². The van der Waals surface area contributed by atoms with Crippen molar-refractivity contribution in [3.8, 4) is 11.5 Å². The van der Waals surface area contributed by atoms with Gasteiger partial charge in [0.1, 0.15) is 0 Å². The lowest BCUT2D eigenvalue weighted by atomic mass is 9.86. The van der Waals surface area contributed by atoms with Crippen LogP contribution in [0.2, 0.25) is 0 Å². The van der Waals surface area contributed by atoms with E-state index in [1.807, 2.05) is 0 Å². The van der Waals surface area contributed by atoms with Gasteiger partial charge in [0, 0.05) is 11.4 Å². The molecule has 1 aromatic heterocycles. The van der Waals surface area contributed by atoms with Crippen LogP contribution in [0.25, 0.3) is 11.0 Å². The quantitative estimate of drug-likeness (QED) is 0.587. The first-order valence-corrected chi connectivity index (χ1v) is 8.65. The molecule has 3 rings (SSSR count). The van der Waals surface area contributed by atoms with E-state index in [1.54, 1.807) is 13.0 Å². The van der Waals surface area contributed by atoms with Gasteiger partial charge in [0.15, 0.2) is 11.3 Å². The van der Waals surface area contributed by atoms with E-state index in [4.69, 9.17) is 4.42 Å². The molecule has 25 heavy (non-hydrogen) atoms. The van der Waals surface area contributed by atoms with Gasteiger partial charge in [-0.25, -0.2) is 4.79 Å². The first kappa shape index (κ1) is 17.3. The molecule has 1 heterocycles. The largest absolute Gasteiger partial charge is 0.504 e. The van der Waals surface area contributed by atoms with Crippen LogP contribution < -0.4 is 10.9 Å². The maximum Gasteiger partial charge on any atom is 0.340 e. The van der Waals surface area contributed by atoms with E-state index >= 15 is 0 Å². The zero-order chi connectivity index (χ0) is 18.1. The number of aromatic hydroxyl groups is 2. The Bertz CT molecular complexity index is 870. The molecular weight excluding hydrogens is 322 g/mol. The number of hydrogen-bond donors (Lipinski definition) is 3. The van der Waals surface area contributed by atoms with E-state index in [0.29, 0.717) is 16.9 Å². The molecule has 0 aliphatic heterocycles. The standard InChI is InChI=1S/C19H23NO5/c1-10-5-3-4-6-14(10)20-16(22)9-13-11(2)12-7-8-15(21)17(23)18(12)25-19(13)24/h7-8,10,14,21,23H,3-6,9H2,1-2H3,(H,20,22)/t10-,14+/m1/s1. The van der Waals surface area contributed by atoms with E-state index in [9.17, 15) is 19.8 Å². The summed E-state index contributed by atoms with van der Waals surface area (Å²) >= 11 is 0. The lowest BCUT2D eigenvalue weighted by Gasteiger charge is -2.29. The fourth-order valence-electron chi connectivity index (χ4n) is 3.58. The Balaban J connectivity index is 1.87. The Kier molecular flexibility index (Phi) is 4.70. The molecule has 1 saturated carbocycles. The van der Waals surface area contributed by atoms with Crippen LogP contribution in [0, 0.1) is 12.8 Å². The fourth-order valence-corrected chi connectivity index (χ4v) is 3.58. The van der Waals surface area contributed by atoms with Gasteiger partial charge in [0.25, 0.3) is 0 Å². The molecule has 1 amide bonds. The van der Waals surface area contributed by atoms with Crippen LogP contribution in [0.1, 0.15) is 43.7 Å². The minimum Gasteiger partial charge on any atom is -0.504 e. The van der Waals surface area contributed by atoms with Gasteiger partial charge in [0.05, 0.1) is 12.0 Å². The summed E-state index contributed by atoms with van der Waals surface area (Å²) < 4.78 is 5.15. The third-order valence-corrected chi connectivity index (χ3v) is 5.20. The molecule has 6 heteroatoms. The number of fused-ring (bicyclic) bond motifs is 1. The van der Waals surface area contributed by atoms with E-state index in [0.717, 1.165) is 19.3 Å². The summed E-state index contributed by atoms with van der Waals surface area (Å²) in [6.45, 7) is 3.84. The van der Waals surface area contributed by atoms with E-state index in [2.05, 4.69) is 12.2 Å². The summed E-state index contributed by atoms with van der Waals surface area (Å²) in [5, 5.41) is 22.9. The van der Waals surface area contributed by atoms with Crippen LogP contribution in [0.3, 0.4) is 0 Å². The first-order valence-electron chi connectivity index (χ1n) is 8.65. The molecule has 0 unspecified atom stereocenters. The van der Waals surface area contributed by atoms with Gasteiger partial charge in [0.2, 0.25) is 11.7 Å². The molecule has 1 aliphatic carbocycles. The number of carbonyl (C=O) groups is 1. The van der Waals surface area contributed by atoms with E-state index in [-0.39, 0.29) is 35.3 Å². The highest BCUT2D eigenvalue weighted by Crippen LogP contribution is 2.34. The summed E-state index contributed by atoms with van der Waals surface area (Å²) in [6, 6.07) is 3.04. The Labute approximate surface area is 145 Å². The van der Waals surface area contributed by atoms with Crippen molar-refractivity contribution < 1.29 is 19.4 Å². The molecule has 0 saturated heterocycles. The first-order chi connectivity index (χ1) is 11.9. The molecule has 0 radical (unpaired) electrons. The van der Waals surface area contributed by atoms with Crippen molar-refractivity contribution in [3.05, 3.63) is 33.7 Å². The molecule has 0 spiro atoms. The summed E-state index contributed by atoms with van der Waals surface area (Å²) in [7, 11) is 0. The molecule has 0 bridgehead atoms. The van der Waals surface area contributed by atoms with Crippen molar-refractivity contribution in [3.63, 3.8) is 0 Å². The molecular formula is C19H23NO5. The van der Waals surface area contributed by atoms with Gasteiger partial charge >= 0.3 is 5.63 Å². The topological polar surface area (TPSA) is 99.8 Å². The molecule has 1 aromatic carbocycles. The Morgan fingerprint density at radius 1 is 1.28 bits per heavy atom. The SMILES string of the molecule is Cc1c(CC(=O)N[C@H]2CCCC[C@H]2C)c(=O)oc2c(O)c(O)ccc12. The predicted octanol–water partition coefficient (Wildman–Crippen LogP) is 2.75. The van der Waals surface area contributed by atoms with Crippen LogP contribution in [0.4, 0.5) is 0 Å². The number of nitrogens with one attached hydrogen (secondary N) is 1. The van der Waals surface area contributed by atoms with Crippen molar-refractivity contribution in [1.82, 2.24) is 5.32 Å². The highest BCUT2D eigenvalue weighted by Gasteiger charge is 2.24. The highest BCUT2D eigenvalue weighted by molar-refractivity contribution is 5.89. The maximum atomic E-state index is 12.4. The monoisotopic (exact) mass is 345 g/mol. The summed E-state index contributed by atoms with van der Waals surface area (Å²) in [6.07, 6.45) is 4.30. The normalized spacial score (nSPS) is 20.6. The predicted molar refractivity (Wildman–Crippen MR) is 93.8 cm³/mol. The van der Waals surface area contributed by atoms with Gasteiger partial charge in [-0.15, -0.1) is 0 Å². The van der Waals surface area contributed by atoms with Gasteiger partial charge in [-0.2, -0.15) is 0 Å². The Hall–Kier alpha value is -2.50. The zero-order valence-corrected chi connectivity index (χ0v) is 14.5. The summed E-state index contributed by atoms with van der Waals surface area (Å²) in [4.78, 5) is 24.7. The molecule has 134 valence electrons. The second-order valence-corrected chi connectivity index (χ2v) is 6.92. The smallest absolute Gasteiger partial charge is 0.340 e. The Morgan fingerprint density at radius 3 is 2.72 bits per heavy atom. The van der Waals surface area contributed by atoms with Crippen molar-refractivity contribution >= 4 is 16.9 Å². The van der Waals surface area contributed by atoms with Gasteiger partial charge in [-0.1, -0.05) is 19.8 Å². The lowest BCUT2D eigenvalue weighted by Crippen LogP contribution is -2.42.